The fraction of sp³-hybridized carbons (Fsp3) is 0.0625. The number of nitro groups is 1. The topological polar surface area (TPSA) is 108 Å². The van der Waals surface area contributed by atoms with Gasteiger partial charge in [0.1, 0.15) is 6.07 Å². The van der Waals surface area contributed by atoms with Crippen LogP contribution >= 0.6 is 0 Å². The molecule has 23 heavy (non-hydrogen) atoms. The second-order valence-corrected chi connectivity index (χ2v) is 4.68. The number of hydrogen-bond donors (Lipinski definition) is 1. The van der Waals surface area contributed by atoms with Crippen LogP contribution in [-0.2, 0) is 0 Å². The van der Waals surface area contributed by atoms with Crippen LogP contribution in [0.3, 0.4) is 0 Å². The van der Waals surface area contributed by atoms with E-state index in [4.69, 9.17) is 5.26 Å². The van der Waals surface area contributed by atoms with Crippen LogP contribution in [0.4, 0.5) is 11.4 Å². The Balaban J connectivity index is 2.15. The molecular weight excluding hydrogens is 296 g/mol. The number of ketones is 1. The SMILES string of the molecule is Cc1ccc(C(=O)/C(C#N)=N\Nc2ccc([N+](=O)[O-])cc2)cc1. The third-order valence-electron chi connectivity index (χ3n) is 3.01. The van der Waals surface area contributed by atoms with E-state index < -0.39 is 10.7 Å². The highest BCUT2D eigenvalue weighted by Gasteiger charge is 2.13. The molecule has 2 rings (SSSR count). The van der Waals surface area contributed by atoms with Crippen molar-refractivity contribution in [2.45, 2.75) is 6.92 Å². The van der Waals surface area contributed by atoms with E-state index in [2.05, 4.69) is 10.5 Å². The Kier molecular flexibility index (Phi) is 4.79. The van der Waals surface area contributed by atoms with Crippen LogP contribution in [0.25, 0.3) is 0 Å². The molecule has 0 amide bonds. The fourth-order valence-corrected chi connectivity index (χ4v) is 1.75. The first kappa shape index (κ1) is 15.9. The van der Waals surface area contributed by atoms with Crippen LogP contribution in [0.5, 0.6) is 0 Å². The maximum Gasteiger partial charge on any atom is 0.269 e. The van der Waals surface area contributed by atoms with Gasteiger partial charge in [0.25, 0.3) is 5.69 Å². The van der Waals surface area contributed by atoms with E-state index in [1.165, 1.54) is 24.3 Å². The molecule has 0 saturated carbocycles. The lowest BCUT2D eigenvalue weighted by molar-refractivity contribution is -0.384. The molecule has 0 aliphatic rings. The number of carbonyl (C=O) groups excluding carboxylic acids is 1. The quantitative estimate of drug-likeness (QED) is 0.395. The summed E-state index contributed by atoms with van der Waals surface area (Å²) in [5, 5.41) is 23.4. The number of benzene rings is 2. The van der Waals surface area contributed by atoms with Crippen molar-refractivity contribution < 1.29 is 9.72 Å². The summed E-state index contributed by atoms with van der Waals surface area (Å²) in [6.07, 6.45) is 0. The second kappa shape index (κ2) is 6.95. The molecule has 2 aromatic rings. The number of rotatable bonds is 5. The summed E-state index contributed by atoms with van der Waals surface area (Å²) in [5.41, 5.74) is 3.98. The zero-order valence-electron chi connectivity index (χ0n) is 12.2. The van der Waals surface area contributed by atoms with Gasteiger partial charge >= 0.3 is 0 Å². The molecule has 1 N–H and O–H groups in total. The van der Waals surface area contributed by atoms with Gasteiger partial charge in [-0.05, 0) is 19.1 Å². The lowest BCUT2D eigenvalue weighted by Crippen LogP contribution is -2.14. The lowest BCUT2D eigenvalue weighted by atomic mass is 10.1. The van der Waals surface area contributed by atoms with Gasteiger partial charge in [-0.1, -0.05) is 29.8 Å². The summed E-state index contributed by atoms with van der Waals surface area (Å²) in [4.78, 5) is 22.2. The monoisotopic (exact) mass is 308 g/mol. The van der Waals surface area contributed by atoms with Gasteiger partial charge in [0.15, 0.2) is 0 Å². The molecule has 0 atom stereocenters. The van der Waals surface area contributed by atoms with E-state index in [1.54, 1.807) is 30.3 Å². The number of nitro benzene ring substituents is 1. The Labute approximate surface area is 132 Å². The number of nitrogens with one attached hydrogen (secondary N) is 1. The third kappa shape index (κ3) is 3.98. The summed E-state index contributed by atoms with van der Waals surface area (Å²) in [7, 11) is 0. The highest BCUT2D eigenvalue weighted by Crippen LogP contribution is 2.15. The van der Waals surface area contributed by atoms with Crippen LogP contribution in [0.15, 0.2) is 53.6 Å². The summed E-state index contributed by atoms with van der Waals surface area (Å²) in [6, 6.07) is 14.0. The molecule has 0 aromatic heterocycles. The fourth-order valence-electron chi connectivity index (χ4n) is 1.75. The summed E-state index contributed by atoms with van der Waals surface area (Å²) < 4.78 is 0. The number of nitrogens with zero attached hydrogens (tertiary/aromatic N) is 3. The van der Waals surface area contributed by atoms with Crippen molar-refractivity contribution in [3.05, 3.63) is 69.8 Å². The minimum atomic E-state index is -0.519. The van der Waals surface area contributed by atoms with Crippen molar-refractivity contribution in [1.82, 2.24) is 0 Å². The highest BCUT2D eigenvalue weighted by molar-refractivity contribution is 6.51. The number of hydrazone groups is 1. The van der Waals surface area contributed by atoms with Crippen molar-refractivity contribution in [3.63, 3.8) is 0 Å². The average Bonchev–Trinajstić information content (AvgIpc) is 2.56. The van der Waals surface area contributed by atoms with Gasteiger partial charge in [-0.25, -0.2) is 0 Å². The van der Waals surface area contributed by atoms with Crippen molar-refractivity contribution in [2.24, 2.45) is 5.10 Å². The van der Waals surface area contributed by atoms with Crippen LogP contribution in [-0.4, -0.2) is 16.4 Å². The Bertz CT molecular complexity index is 803. The molecule has 7 heteroatoms. The van der Waals surface area contributed by atoms with Crippen molar-refractivity contribution in [2.75, 3.05) is 5.43 Å². The van der Waals surface area contributed by atoms with Crippen molar-refractivity contribution >= 4 is 22.9 Å². The predicted octanol–water partition coefficient (Wildman–Crippen LogP) is 3.08. The zero-order chi connectivity index (χ0) is 16.8. The molecule has 2 aromatic carbocycles. The average molecular weight is 308 g/mol. The number of Topliss-reactive ketones (excluding diaryl/α,β-unsaturated/α-hetero) is 1. The zero-order valence-corrected chi connectivity index (χ0v) is 12.2. The largest absolute Gasteiger partial charge is 0.286 e. The van der Waals surface area contributed by atoms with Gasteiger partial charge in [0.05, 0.1) is 10.6 Å². The molecule has 0 unspecified atom stereocenters. The van der Waals surface area contributed by atoms with E-state index in [-0.39, 0.29) is 11.4 Å². The van der Waals surface area contributed by atoms with E-state index in [9.17, 15) is 14.9 Å². The maximum atomic E-state index is 12.2. The number of non-ortho nitro benzene ring substituents is 1. The van der Waals surface area contributed by atoms with Gasteiger partial charge < -0.3 is 0 Å². The Hall–Kier alpha value is -3.53. The number of hydrogen-bond acceptors (Lipinski definition) is 6. The third-order valence-corrected chi connectivity index (χ3v) is 3.01. The standard InChI is InChI=1S/C16H12N4O3/c1-11-2-4-12(5-3-11)16(21)15(10-17)19-18-13-6-8-14(9-7-13)20(22)23/h2-9,18H,1H3/b19-15-. The van der Waals surface area contributed by atoms with E-state index in [0.717, 1.165) is 5.56 Å². The van der Waals surface area contributed by atoms with Gasteiger partial charge in [0, 0.05) is 17.7 Å². The van der Waals surface area contributed by atoms with Gasteiger partial charge in [0.2, 0.25) is 11.5 Å². The molecular formula is C16H12N4O3. The summed E-state index contributed by atoms with van der Waals surface area (Å²) in [5.74, 6) is -0.498. The Morgan fingerprint density at radius 2 is 1.78 bits per heavy atom. The van der Waals surface area contributed by atoms with E-state index >= 15 is 0 Å². The minimum Gasteiger partial charge on any atom is -0.286 e. The molecule has 0 spiro atoms. The van der Waals surface area contributed by atoms with Crippen LogP contribution in [0, 0.1) is 28.4 Å². The summed E-state index contributed by atoms with van der Waals surface area (Å²) >= 11 is 0. The number of carbonyl (C=O) groups is 1. The normalized spacial score (nSPS) is 10.7. The van der Waals surface area contributed by atoms with Gasteiger partial charge in [-0.15, -0.1) is 0 Å². The molecule has 0 radical (unpaired) electrons. The number of anilines is 1. The van der Waals surface area contributed by atoms with Crippen molar-refractivity contribution in [1.29, 1.82) is 5.26 Å². The molecule has 0 fully saturated rings. The molecule has 0 saturated heterocycles. The Morgan fingerprint density at radius 1 is 1.17 bits per heavy atom. The molecule has 0 bridgehead atoms. The molecule has 114 valence electrons. The van der Waals surface area contributed by atoms with Gasteiger partial charge in [-0.2, -0.15) is 10.4 Å². The Morgan fingerprint density at radius 3 is 2.30 bits per heavy atom. The maximum absolute atomic E-state index is 12.2. The van der Waals surface area contributed by atoms with Gasteiger partial charge in [-0.3, -0.25) is 20.3 Å². The van der Waals surface area contributed by atoms with E-state index in [0.29, 0.717) is 11.3 Å². The lowest BCUT2D eigenvalue weighted by Gasteiger charge is -2.02. The predicted molar refractivity (Wildman–Crippen MR) is 85.3 cm³/mol. The summed E-state index contributed by atoms with van der Waals surface area (Å²) in [6.45, 7) is 1.89. The second-order valence-electron chi connectivity index (χ2n) is 4.68. The number of nitriles is 1. The highest BCUT2D eigenvalue weighted by atomic mass is 16.6. The first-order valence-electron chi connectivity index (χ1n) is 6.61. The first-order valence-corrected chi connectivity index (χ1v) is 6.61. The molecule has 0 aliphatic heterocycles. The number of aryl methyl sites for hydroxylation is 1. The van der Waals surface area contributed by atoms with Crippen LogP contribution < -0.4 is 5.43 Å². The molecule has 7 nitrogen and oxygen atoms in total. The molecule has 0 aliphatic carbocycles. The van der Waals surface area contributed by atoms with Crippen molar-refractivity contribution in [3.8, 4) is 6.07 Å². The molecule has 0 heterocycles. The smallest absolute Gasteiger partial charge is 0.269 e. The van der Waals surface area contributed by atoms with Crippen LogP contribution in [0.2, 0.25) is 0 Å². The van der Waals surface area contributed by atoms with E-state index in [1.807, 2.05) is 6.92 Å². The van der Waals surface area contributed by atoms with Crippen LogP contribution in [0.1, 0.15) is 15.9 Å². The first-order chi connectivity index (χ1) is 11.0. The minimum absolute atomic E-state index is 0.0595.